The van der Waals surface area contributed by atoms with Gasteiger partial charge in [0.2, 0.25) is 11.8 Å². The quantitative estimate of drug-likeness (QED) is 0.394. The van der Waals surface area contributed by atoms with Crippen LogP contribution >= 0.6 is 27.7 Å². The number of methoxy groups -OCH3 is 1. The van der Waals surface area contributed by atoms with E-state index in [1.165, 1.54) is 18.0 Å². The van der Waals surface area contributed by atoms with Gasteiger partial charge in [-0.2, -0.15) is 5.10 Å². The van der Waals surface area contributed by atoms with Crippen LogP contribution in [-0.2, 0) is 9.53 Å². The summed E-state index contributed by atoms with van der Waals surface area (Å²) in [6.45, 7) is 2.92. The number of anilines is 1. The molecule has 0 unspecified atom stereocenters. The Labute approximate surface area is 170 Å². The SMILES string of the molecule is COc1ccc(SCC(=O)N/N=C/c2cc(Br)c(N3CCOCC3)o2)cc1. The summed E-state index contributed by atoms with van der Waals surface area (Å²) < 4.78 is 17.1. The molecule has 0 atom stereocenters. The maximum Gasteiger partial charge on any atom is 0.250 e. The molecule has 0 bridgehead atoms. The molecule has 2 heterocycles. The number of hydrazone groups is 1. The van der Waals surface area contributed by atoms with Crippen LogP contribution in [0.4, 0.5) is 5.88 Å². The number of hydrogen-bond donors (Lipinski definition) is 1. The van der Waals surface area contributed by atoms with Crippen LogP contribution in [0, 0.1) is 0 Å². The lowest BCUT2D eigenvalue weighted by Crippen LogP contribution is -2.36. The van der Waals surface area contributed by atoms with E-state index in [4.69, 9.17) is 13.9 Å². The molecule has 1 saturated heterocycles. The molecule has 7 nitrogen and oxygen atoms in total. The molecular formula is C18H20BrN3O4S. The summed E-state index contributed by atoms with van der Waals surface area (Å²) in [6, 6.07) is 9.37. The monoisotopic (exact) mass is 453 g/mol. The molecule has 0 radical (unpaired) electrons. The van der Waals surface area contributed by atoms with Gasteiger partial charge in [0.05, 0.1) is 36.8 Å². The third kappa shape index (κ3) is 5.75. The third-order valence-corrected chi connectivity index (χ3v) is 5.38. The van der Waals surface area contributed by atoms with Crippen molar-refractivity contribution in [2.75, 3.05) is 44.1 Å². The number of rotatable bonds is 7. The molecule has 1 aromatic heterocycles. The highest BCUT2D eigenvalue weighted by molar-refractivity contribution is 9.10. The van der Waals surface area contributed by atoms with Gasteiger partial charge in [0.25, 0.3) is 0 Å². The zero-order valence-electron chi connectivity index (χ0n) is 14.8. The Hall–Kier alpha value is -1.97. The van der Waals surface area contributed by atoms with Crippen LogP contribution in [0.2, 0.25) is 0 Å². The summed E-state index contributed by atoms with van der Waals surface area (Å²) in [4.78, 5) is 15.0. The number of furan rings is 1. The van der Waals surface area contributed by atoms with Gasteiger partial charge < -0.3 is 18.8 Å². The van der Waals surface area contributed by atoms with E-state index in [1.807, 2.05) is 30.3 Å². The van der Waals surface area contributed by atoms with E-state index in [-0.39, 0.29) is 11.7 Å². The van der Waals surface area contributed by atoms with Crippen LogP contribution in [0.5, 0.6) is 5.75 Å². The van der Waals surface area contributed by atoms with Crippen LogP contribution in [-0.4, -0.2) is 51.3 Å². The molecule has 9 heteroatoms. The maximum atomic E-state index is 11.9. The Morgan fingerprint density at radius 3 is 2.81 bits per heavy atom. The lowest BCUT2D eigenvalue weighted by Gasteiger charge is -2.26. The molecular weight excluding hydrogens is 434 g/mol. The average molecular weight is 454 g/mol. The van der Waals surface area contributed by atoms with Gasteiger partial charge in [0, 0.05) is 24.1 Å². The molecule has 1 aliphatic heterocycles. The number of hydrogen-bond acceptors (Lipinski definition) is 7. The number of amides is 1. The van der Waals surface area contributed by atoms with Crippen LogP contribution < -0.4 is 15.1 Å². The highest BCUT2D eigenvalue weighted by Crippen LogP contribution is 2.30. The highest BCUT2D eigenvalue weighted by Gasteiger charge is 2.18. The topological polar surface area (TPSA) is 76.3 Å². The molecule has 0 spiro atoms. The van der Waals surface area contributed by atoms with Crippen molar-refractivity contribution < 1.29 is 18.7 Å². The lowest BCUT2D eigenvalue weighted by atomic mass is 10.3. The molecule has 27 heavy (non-hydrogen) atoms. The highest BCUT2D eigenvalue weighted by atomic mass is 79.9. The van der Waals surface area contributed by atoms with E-state index >= 15 is 0 Å². The minimum absolute atomic E-state index is 0.189. The predicted octanol–water partition coefficient (Wildman–Crippen LogP) is 3.13. The Kier molecular flexibility index (Phi) is 7.19. The summed E-state index contributed by atoms with van der Waals surface area (Å²) in [5, 5.41) is 3.97. The van der Waals surface area contributed by atoms with Crippen molar-refractivity contribution in [3.05, 3.63) is 40.6 Å². The van der Waals surface area contributed by atoms with E-state index in [0.717, 1.165) is 34.1 Å². The van der Waals surface area contributed by atoms with Crippen LogP contribution in [0.25, 0.3) is 0 Å². The Balaban J connectivity index is 1.47. The second-order valence-corrected chi connectivity index (χ2v) is 7.56. The van der Waals surface area contributed by atoms with Gasteiger partial charge in [-0.15, -0.1) is 11.8 Å². The molecule has 1 aliphatic rings. The molecule has 1 fully saturated rings. The van der Waals surface area contributed by atoms with E-state index in [1.54, 1.807) is 7.11 Å². The van der Waals surface area contributed by atoms with Crippen molar-refractivity contribution >= 4 is 45.7 Å². The Morgan fingerprint density at radius 1 is 1.37 bits per heavy atom. The first-order valence-corrected chi connectivity index (χ1v) is 10.1. The Bertz CT molecular complexity index is 788. The first kappa shape index (κ1) is 19.8. The smallest absolute Gasteiger partial charge is 0.250 e. The van der Waals surface area contributed by atoms with Crippen molar-refractivity contribution in [1.29, 1.82) is 0 Å². The number of nitrogens with one attached hydrogen (secondary N) is 1. The normalized spacial score (nSPS) is 14.5. The first-order valence-electron chi connectivity index (χ1n) is 8.36. The number of carbonyl (C=O) groups excluding carboxylic acids is 1. The lowest BCUT2D eigenvalue weighted by molar-refractivity contribution is -0.118. The summed E-state index contributed by atoms with van der Waals surface area (Å²) in [5.74, 6) is 2.18. The van der Waals surface area contributed by atoms with Gasteiger partial charge in [-0.1, -0.05) is 0 Å². The summed E-state index contributed by atoms with van der Waals surface area (Å²) in [5.41, 5.74) is 2.51. The zero-order valence-corrected chi connectivity index (χ0v) is 17.2. The molecule has 3 rings (SSSR count). The largest absolute Gasteiger partial charge is 0.497 e. The van der Waals surface area contributed by atoms with E-state index in [2.05, 4.69) is 31.4 Å². The molecule has 144 valence electrons. The fourth-order valence-corrected chi connectivity index (χ4v) is 3.69. The third-order valence-electron chi connectivity index (χ3n) is 3.80. The van der Waals surface area contributed by atoms with Crippen LogP contribution in [0.3, 0.4) is 0 Å². The van der Waals surface area contributed by atoms with Crippen molar-refractivity contribution in [3.8, 4) is 5.75 Å². The molecule has 1 aromatic carbocycles. The van der Waals surface area contributed by atoms with Crippen molar-refractivity contribution in [2.45, 2.75) is 4.90 Å². The zero-order chi connectivity index (χ0) is 19.1. The molecule has 1 N–H and O–H groups in total. The van der Waals surface area contributed by atoms with E-state index in [0.29, 0.717) is 19.0 Å². The number of thioether (sulfide) groups is 1. The van der Waals surface area contributed by atoms with Crippen molar-refractivity contribution in [2.24, 2.45) is 5.10 Å². The number of nitrogens with zero attached hydrogens (tertiary/aromatic N) is 2. The predicted molar refractivity (Wildman–Crippen MR) is 109 cm³/mol. The van der Waals surface area contributed by atoms with Gasteiger partial charge >= 0.3 is 0 Å². The van der Waals surface area contributed by atoms with E-state index in [9.17, 15) is 4.79 Å². The molecule has 0 saturated carbocycles. The van der Waals surface area contributed by atoms with Crippen molar-refractivity contribution in [1.82, 2.24) is 5.43 Å². The summed E-state index contributed by atoms with van der Waals surface area (Å²) in [6.07, 6.45) is 1.49. The molecule has 2 aromatic rings. The summed E-state index contributed by atoms with van der Waals surface area (Å²) >= 11 is 4.93. The number of benzene rings is 1. The second-order valence-electron chi connectivity index (χ2n) is 5.66. The standard InChI is InChI=1S/C18H20BrN3O4S/c1-24-13-2-4-15(5-3-13)27-12-17(23)21-20-11-14-10-16(19)18(26-14)22-6-8-25-9-7-22/h2-5,10-11H,6-9,12H2,1H3,(H,21,23)/b20-11+. The second kappa shape index (κ2) is 9.82. The number of carbonyl (C=O) groups is 1. The van der Waals surface area contributed by atoms with Gasteiger partial charge in [-0.25, -0.2) is 5.43 Å². The van der Waals surface area contributed by atoms with Gasteiger partial charge in [0.1, 0.15) is 5.75 Å². The van der Waals surface area contributed by atoms with E-state index < -0.39 is 0 Å². The minimum atomic E-state index is -0.189. The molecule has 0 aliphatic carbocycles. The number of ether oxygens (including phenoxy) is 2. The minimum Gasteiger partial charge on any atom is -0.497 e. The van der Waals surface area contributed by atoms with Crippen LogP contribution in [0.1, 0.15) is 5.76 Å². The number of halogens is 1. The average Bonchev–Trinajstić information content (AvgIpc) is 3.08. The Morgan fingerprint density at radius 2 is 2.11 bits per heavy atom. The first-order chi connectivity index (χ1) is 13.2. The fourth-order valence-electron chi connectivity index (χ4n) is 2.44. The number of morpholine rings is 1. The maximum absolute atomic E-state index is 11.9. The van der Waals surface area contributed by atoms with Gasteiger partial charge in [0.15, 0.2) is 5.76 Å². The van der Waals surface area contributed by atoms with Gasteiger partial charge in [-0.05, 0) is 40.2 Å². The fraction of sp³-hybridized carbons (Fsp3) is 0.333. The van der Waals surface area contributed by atoms with Crippen molar-refractivity contribution in [3.63, 3.8) is 0 Å². The van der Waals surface area contributed by atoms with Gasteiger partial charge in [-0.3, -0.25) is 4.79 Å². The summed E-state index contributed by atoms with van der Waals surface area (Å²) in [7, 11) is 1.62. The molecule has 1 amide bonds. The van der Waals surface area contributed by atoms with Crippen LogP contribution in [0.15, 0.2) is 49.2 Å².